The summed E-state index contributed by atoms with van der Waals surface area (Å²) in [7, 11) is 2.00. The Bertz CT molecular complexity index is 634. The fourth-order valence-electron chi connectivity index (χ4n) is 2.91. The number of hydrogen-bond acceptors (Lipinski definition) is 2. The van der Waals surface area contributed by atoms with Crippen LogP contribution in [0, 0.1) is 0 Å². The molecule has 0 aliphatic carbocycles. The standard InChI is InChI=1S/C20H25N3O2/c1-3-21-18(24)14-22-19(25)15-23(2)20(16-10-6-4-7-11-16)17-12-8-5-9-13-17/h4-13,20H,3,14-15H2,1-2H3,(H,21,24)(H,22,25)/p+1. The fourth-order valence-corrected chi connectivity index (χ4v) is 2.91. The van der Waals surface area contributed by atoms with Crippen molar-refractivity contribution in [1.82, 2.24) is 10.6 Å². The van der Waals surface area contributed by atoms with Crippen molar-refractivity contribution in [2.24, 2.45) is 0 Å². The normalized spacial score (nSPS) is 11.8. The second-order valence-corrected chi connectivity index (χ2v) is 6.01. The Balaban J connectivity index is 2.07. The molecule has 2 rings (SSSR count). The van der Waals surface area contributed by atoms with Crippen LogP contribution >= 0.6 is 0 Å². The van der Waals surface area contributed by atoms with Gasteiger partial charge in [0.15, 0.2) is 6.54 Å². The molecular weight excluding hydrogens is 314 g/mol. The second kappa shape index (κ2) is 9.59. The summed E-state index contributed by atoms with van der Waals surface area (Å²) in [6.07, 6.45) is 0. The molecule has 0 aliphatic rings. The van der Waals surface area contributed by atoms with Crippen molar-refractivity contribution in [3.05, 3.63) is 71.8 Å². The van der Waals surface area contributed by atoms with Gasteiger partial charge in [-0.1, -0.05) is 60.7 Å². The molecule has 5 nitrogen and oxygen atoms in total. The van der Waals surface area contributed by atoms with Crippen LogP contribution in [0.25, 0.3) is 0 Å². The third-order valence-electron chi connectivity index (χ3n) is 4.02. The van der Waals surface area contributed by atoms with Crippen molar-refractivity contribution in [1.29, 1.82) is 0 Å². The topological polar surface area (TPSA) is 62.6 Å². The molecule has 0 saturated heterocycles. The van der Waals surface area contributed by atoms with E-state index >= 15 is 0 Å². The summed E-state index contributed by atoms with van der Waals surface area (Å²) in [5.41, 5.74) is 2.31. The van der Waals surface area contributed by atoms with E-state index in [1.807, 2.05) is 50.4 Å². The van der Waals surface area contributed by atoms with E-state index in [0.717, 1.165) is 16.0 Å². The van der Waals surface area contributed by atoms with Crippen molar-refractivity contribution in [3.63, 3.8) is 0 Å². The Morgan fingerprint density at radius 1 is 0.880 bits per heavy atom. The molecule has 2 aromatic carbocycles. The van der Waals surface area contributed by atoms with Gasteiger partial charge in [0.05, 0.1) is 13.6 Å². The molecule has 3 N–H and O–H groups in total. The number of carbonyl (C=O) groups excluding carboxylic acids is 2. The van der Waals surface area contributed by atoms with Crippen LogP contribution in [0.15, 0.2) is 60.7 Å². The first-order valence-corrected chi connectivity index (χ1v) is 8.57. The highest BCUT2D eigenvalue weighted by Crippen LogP contribution is 2.18. The third-order valence-corrected chi connectivity index (χ3v) is 4.02. The molecule has 132 valence electrons. The maximum atomic E-state index is 12.2. The molecule has 2 amide bonds. The average molecular weight is 340 g/mol. The van der Waals surface area contributed by atoms with Gasteiger partial charge >= 0.3 is 0 Å². The number of benzene rings is 2. The molecule has 2 aromatic rings. The van der Waals surface area contributed by atoms with E-state index in [1.54, 1.807) is 0 Å². The lowest BCUT2D eigenvalue weighted by atomic mass is 9.97. The summed E-state index contributed by atoms with van der Waals surface area (Å²) in [5, 5.41) is 5.35. The van der Waals surface area contributed by atoms with Gasteiger partial charge < -0.3 is 15.5 Å². The van der Waals surface area contributed by atoms with Crippen molar-refractivity contribution in [2.45, 2.75) is 13.0 Å². The number of likely N-dealkylation sites (N-methyl/N-ethyl adjacent to an activating group) is 2. The smallest absolute Gasteiger partial charge is 0.275 e. The SMILES string of the molecule is CCNC(=O)CNC(=O)C[NH+](C)C(c1ccccc1)c1ccccc1. The molecule has 0 spiro atoms. The van der Waals surface area contributed by atoms with E-state index < -0.39 is 0 Å². The monoisotopic (exact) mass is 340 g/mol. The van der Waals surface area contributed by atoms with Crippen LogP contribution < -0.4 is 15.5 Å². The number of rotatable bonds is 8. The molecule has 0 saturated carbocycles. The molecule has 0 bridgehead atoms. The number of amides is 2. The summed E-state index contributed by atoms with van der Waals surface area (Å²) in [5.74, 6) is -0.309. The number of nitrogens with one attached hydrogen (secondary N) is 3. The maximum Gasteiger partial charge on any atom is 0.275 e. The zero-order valence-corrected chi connectivity index (χ0v) is 14.8. The molecule has 0 fully saturated rings. The molecular formula is C20H26N3O2+. The highest BCUT2D eigenvalue weighted by atomic mass is 16.2. The van der Waals surface area contributed by atoms with Crippen LogP contribution in [-0.2, 0) is 9.59 Å². The quantitative estimate of drug-likeness (QED) is 0.657. The van der Waals surface area contributed by atoms with Crippen LogP contribution in [0.3, 0.4) is 0 Å². The van der Waals surface area contributed by atoms with E-state index in [9.17, 15) is 9.59 Å². The van der Waals surface area contributed by atoms with E-state index in [0.29, 0.717) is 6.54 Å². The average Bonchev–Trinajstić information content (AvgIpc) is 2.62. The summed E-state index contributed by atoms with van der Waals surface area (Å²) >= 11 is 0. The molecule has 1 unspecified atom stereocenters. The van der Waals surface area contributed by atoms with Crippen LogP contribution in [0.2, 0.25) is 0 Å². The Kier molecular flexibility index (Phi) is 7.16. The van der Waals surface area contributed by atoms with Crippen molar-refractivity contribution in [2.75, 3.05) is 26.7 Å². The minimum absolute atomic E-state index is 0.0152. The van der Waals surface area contributed by atoms with Gasteiger partial charge in [-0.05, 0) is 6.92 Å². The summed E-state index contributed by atoms with van der Waals surface area (Å²) in [6, 6.07) is 20.4. The lowest BCUT2D eigenvalue weighted by Crippen LogP contribution is -3.10. The van der Waals surface area contributed by atoms with Crippen molar-refractivity contribution in [3.8, 4) is 0 Å². The van der Waals surface area contributed by atoms with E-state index in [4.69, 9.17) is 0 Å². The van der Waals surface area contributed by atoms with Gasteiger partial charge in [0.25, 0.3) is 5.91 Å². The lowest BCUT2D eigenvalue weighted by molar-refractivity contribution is -0.898. The summed E-state index contributed by atoms with van der Waals surface area (Å²) in [6.45, 7) is 2.71. The summed E-state index contributed by atoms with van der Waals surface area (Å²) in [4.78, 5) is 24.7. The third kappa shape index (κ3) is 5.72. The van der Waals surface area contributed by atoms with Gasteiger partial charge in [0.1, 0.15) is 6.04 Å². The van der Waals surface area contributed by atoms with Crippen LogP contribution in [0.1, 0.15) is 24.1 Å². The Morgan fingerprint density at radius 3 is 1.88 bits per heavy atom. The van der Waals surface area contributed by atoms with Gasteiger partial charge in [-0.3, -0.25) is 9.59 Å². The molecule has 0 aromatic heterocycles. The second-order valence-electron chi connectivity index (χ2n) is 6.01. The molecule has 0 radical (unpaired) electrons. The van der Waals surface area contributed by atoms with Crippen molar-refractivity contribution < 1.29 is 14.5 Å². The minimum Gasteiger partial charge on any atom is -0.355 e. The van der Waals surface area contributed by atoms with Gasteiger partial charge in [-0.2, -0.15) is 0 Å². The van der Waals surface area contributed by atoms with E-state index in [2.05, 4.69) is 34.9 Å². The first-order chi connectivity index (χ1) is 12.1. The van der Waals surface area contributed by atoms with Gasteiger partial charge in [-0.25, -0.2) is 0 Å². The molecule has 25 heavy (non-hydrogen) atoms. The number of quaternary nitrogens is 1. The van der Waals surface area contributed by atoms with Crippen molar-refractivity contribution >= 4 is 11.8 Å². The lowest BCUT2D eigenvalue weighted by Gasteiger charge is -2.25. The van der Waals surface area contributed by atoms with Crippen LogP contribution in [-0.4, -0.2) is 38.5 Å². The Morgan fingerprint density at radius 2 is 1.40 bits per heavy atom. The van der Waals surface area contributed by atoms with Gasteiger partial charge in [-0.15, -0.1) is 0 Å². The fraction of sp³-hybridized carbons (Fsp3) is 0.300. The molecule has 0 heterocycles. The highest BCUT2D eigenvalue weighted by molar-refractivity contribution is 5.84. The summed E-state index contributed by atoms with van der Waals surface area (Å²) < 4.78 is 0. The minimum atomic E-state index is -0.170. The molecule has 1 atom stereocenters. The Labute approximate surface area is 149 Å². The molecule has 0 aliphatic heterocycles. The predicted molar refractivity (Wildman–Crippen MR) is 98.2 cm³/mol. The Hall–Kier alpha value is -2.66. The van der Waals surface area contributed by atoms with Crippen LogP contribution in [0.4, 0.5) is 0 Å². The first kappa shape index (κ1) is 18.7. The van der Waals surface area contributed by atoms with Gasteiger partial charge in [0.2, 0.25) is 5.91 Å². The van der Waals surface area contributed by atoms with E-state index in [1.165, 1.54) is 0 Å². The first-order valence-electron chi connectivity index (χ1n) is 8.57. The number of carbonyl (C=O) groups is 2. The zero-order valence-electron chi connectivity index (χ0n) is 14.8. The predicted octanol–water partition coefficient (Wildman–Crippen LogP) is 0.543. The van der Waals surface area contributed by atoms with Gasteiger partial charge in [0, 0.05) is 17.7 Å². The highest BCUT2D eigenvalue weighted by Gasteiger charge is 2.24. The van der Waals surface area contributed by atoms with E-state index in [-0.39, 0.29) is 30.9 Å². The maximum absolute atomic E-state index is 12.2. The zero-order chi connectivity index (χ0) is 18.1. The van der Waals surface area contributed by atoms with Crippen LogP contribution in [0.5, 0.6) is 0 Å². The largest absolute Gasteiger partial charge is 0.355 e. The number of hydrogen-bond donors (Lipinski definition) is 3. The molecule has 5 heteroatoms.